The molecule has 1 N–H and O–H groups in total. The van der Waals surface area contributed by atoms with E-state index in [0.29, 0.717) is 16.8 Å². The average Bonchev–Trinajstić information content (AvgIpc) is 3.31. The summed E-state index contributed by atoms with van der Waals surface area (Å²) in [6.45, 7) is 11.3. The van der Waals surface area contributed by atoms with Crippen molar-refractivity contribution in [2.24, 2.45) is 0 Å². The maximum absolute atomic E-state index is 13.2. The molecule has 2 saturated heterocycles. The Kier molecular flexibility index (Phi) is 9.39. The predicted molar refractivity (Wildman–Crippen MR) is 182 cm³/mol. The highest BCUT2D eigenvalue weighted by molar-refractivity contribution is 6.05. The van der Waals surface area contributed by atoms with Crippen LogP contribution in [0.25, 0.3) is 11.1 Å². The van der Waals surface area contributed by atoms with E-state index in [-0.39, 0.29) is 5.91 Å². The number of carbonyl (C=O) groups excluding carboxylic acids is 1. The van der Waals surface area contributed by atoms with E-state index in [1.807, 2.05) is 49.4 Å². The van der Waals surface area contributed by atoms with Crippen LogP contribution in [0.5, 0.6) is 0 Å². The van der Waals surface area contributed by atoms with Crippen LogP contribution >= 0.6 is 0 Å². The lowest BCUT2D eigenvalue weighted by molar-refractivity contribution is 0.102. The predicted octanol–water partition coefficient (Wildman–Crippen LogP) is 5.65. The lowest BCUT2D eigenvalue weighted by atomic mass is 9.97. The van der Waals surface area contributed by atoms with E-state index in [0.717, 1.165) is 87.8 Å². The minimum Gasteiger partial charge on any atom is -0.369 e. The zero-order valence-corrected chi connectivity index (χ0v) is 26.2. The van der Waals surface area contributed by atoms with Gasteiger partial charge in [0.15, 0.2) is 0 Å². The molecule has 2 aliphatic rings. The van der Waals surface area contributed by atoms with Crippen molar-refractivity contribution in [2.45, 2.75) is 19.9 Å². The van der Waals surface area contributed by atoms with Crippen LogP contribution in [0, 0.1) is 18.3 Å². The quantitative estimate of drug-likeness (QED) is 0.294. The number of carbonyl (C=O) groups is 1. The first-order valence-electron chi connectivity index (χ1n) is 15.8. The molecule has 0 radical (unpaired) electrons. The number of aryl methyl sites for hydroxylation is 1. The van der Waals surface area contributed by atoms with Gasteiger partial charge in [0, 0.05) is 70.2 Å². The molecule has 45 heavy (non-hydrogen) atoms. The van der Waals surface area contributed by atoms with Crippen molar-refractivity contribution in [1.82, 2.24) is 14.8 Å². The molecular weight excluding hydrogens is 558 g/mol. The summed E-state index contributed by atoms with van der Waals surface area (Å²) in [5, 5.41) is 12.1. The number of pyridine rings is 1. The zero-order chi connectivity index (χ0) is 31.2. The topological polar surface area (TPSA) is 78.7 Å². The summed E-state index contributed by atoms with van der Waals surface area (Å²) in [7, 11) is 2.20. The molecule has 0 bridgehead atoms. The molecule has 0 atom stereocenters. The second-order valence-electron chi connectivity index (χ2n) is 12.1. The number of aromatic nitrogens is 1. The third-order valence-corrected chi connectivity index (χ3v) is 8.97. The van der Waals surface area contributed by atoms with Crippen LogP contribution in [0.2, 0.25) is 0 Å². The number of nitriles is 1. The minimum absolute atomic E-state index is 0.179. The first-order valence-corrected chi connectivity index (χ1v) is 15.8. The average molecular weight is 600 g/mol. The van der Waals surface area contributed by atoms with Crippen molar-refractivity contribution in [1.29, 1.82) is 5.26 Å². The smallest absolute Gasteiger partial charge is 0.255 e. The van der Waals surface area contributed by atoms with Gasteiger partial charge in [-0.15, -0.1) is 0 Å². The van der Waals surface area contributed by atoms with Crippen molar-refractivity contribution in [3.05, 3.63) is 107 Å². The fourth-order valence-corrected chi connectivity index (χ4v) is 6.25. The molecule has 1 amide bonds. The Morgan fingerprint density at radius 1 is 0.867 bits per heavy atom. The molecule has 0 spiro atoms. The number of amides is 1. The molecule has 0 aliphatic carbocycles. The number of hydrogen-bond acceptors (Lipinski definition) is 7. The van der Waals surface area contributed by atoms with Crippen LogP contribution in [0.4, 0.5) is 17.2 Å². The van der Waals surface area contributed by atoms with Crippen LogP contribution in [-0.2, 0) is 6.54 Å². The van der Waals surface area contributed by atoms with E-state index >= 15 is 0 Å². The van der Waals surface area contributed by atoms with Crippen LogP contribution in [-0.4, -0.2) is 80.1 Å². The van der Waals surface area contributed by atoms with Gasteiger partial charge in [0.25, 0.3) is 5.91 Å². The van der Waals surface area contributed by atoms with E-state index < -0.39 is 0 Å². The Labute approximate surface area is 266 Å². The maximum Gasteiger partial charge on any atom is 0.255 e. The Morgan fingerprint density at radius 3 is 2.40 bits per heavy atom. The number of nitrogens with one attached hydrogen (secondary N) is 1. The summed E-state index contributed by atoms with van der Waals surface area (Å²) >= 11 is 0. The second-order valence-corrected chi connectivity index (χ2v) is 12.1. The van der Waals surface area contributed by atoms with Gasteiger partial charge in [-0.1, -0.05) is 36.4 Å². The largest absolute Gasteiger partial charge is 0.369 e. The van der Waals surface area contributed by atoms with Crippen LogP contribution in [0.1, 0.15) is 33.5 Å². The Hall–Kier alpha value is -4.71. The highest BCUT2D eigenvalue weighted by atomic mass is 16.1. The van der Waals surface area contributed by atoms with Crippen molar-refractivity contribution >= 4 is 23.1 Å². The first kappa shape index (κ1) is 30.3. The number of likely N-dealkylation sites (N-methyl/N-ethyl adjacent to an activating group) is 1. The van der Waals surface area contributed by atoms with Crippen LogP contribution in [0.15, 0.2) is 85.1 Å². The molecule has 8 nitrogen and oxygen atoms in total. The standard InChI is InChI=1S/C37H41N7O/c1-28-8-11-31(24-34(28)30-12-9-29(25-38)10-13-30)37(45)40-33-14-15-36(39-26-33)44-17-5-16-42(20-23-44)27-32-6-3-4-7-35(32)43-21-18-41(2)19-22-43/h3-4,6-15,24,26H,5,16-23,27H2,1-2H3,(H,40,45). The van der Waals surface area contributed by atoms with Gasteiger partial charge in [-0.3, -0.25) is 9.69 Å². The Morgan fingerprint density at radius 2 is 1.64 bits per heavy atom. The third kappa shape index (κ3) is 7.34. The maximum atomic E-state index is 13.2. The van der Waals surface area contributed by atoms with Crippen molar-refractivity contribution < 1.29 is 4.79 Å². The SMILES string of the molecule is Cc1ccc(C(=O)Nc2ccc(N3CCCN(Cc4ccccc4N4CCN(C)CC4)CC3)nc2)cc1-c1ccc(C#N)cc1. The number of anilines is 3. The normalized spacial score (nSPS) is 16.2. The van der Waals surface area contributed by atoms with Gasteiger partial charge in [-0.2, -0.15) is 5.26 Å². The lowest BCUT2D eigenvalue weighted by Crippen LogP contribution is -2.45. The zero-order valence-electron chi connectivity index (χ0n) is 26.2. The number of piperazine rings is 1. The molecule has 3 heterocycles. The first-order chi connectivity index (χ1) is 22.0. The van der Waals surface area contributed by atoms with Gasteiger partial charge >= 0.3 is 0 Å². The number of benzene rings is 3. The number of rotatable bonds is 7. The van der Waals surface area contributed by atoms with E-state index in [1.165, 1.54) is 11.3 Å². The van der Waals surface area contributed by atoms with Gasteiger partial charge in [0.05, 0.1) is 23.5 Å². The summed E-state index contributed by atoms with van der Waals surface area (Å²) in [5.41, 5.74) is 7.65. The highest BCUT2D eigenvalue weighted by Crippen LogP contribution is 2.27. The van der Waals surface area contributed by atoms with Gasteiger partial charge < -0.3 is 20.0 Å². The summed E-state index contributed by atoms with van der Waals surface area (Å²) < 4.78 is 0. The molecule has 2 fully saturated rings. The fourth-order valence-electron chi connectivity index (χ4n) is 6.25. The third-order valence-electron chi connectivity index (χ3n) is 8.97. The van der Waals surface area contributed by atoms with Gasteiger partial charge in [-0.25, -0.2) is 4.98 Å². The van der Waals surface area contributed by atoms with Crippen molar-refractivity contribution in [3.63, 3.8) is 0 Å². The van der Waals surface area contributed by atoms with Gasteiger partial charge in [-0.05, 0) is 85.1 Å². The second kappa shape index (κ2) is 13.9. The molecule has 4 aromatic rings. The number of para-hydroxylation sites is 1. The van der Waals surface area contributed by atoms with Gasteiger partial charge in [0.1, 0.15) is 5.82 Å². The van der Waals surface area contributed by atoms with Gasteiger partial charge in [0.2, 0.25) is 0 Å². The summed E-state index contributed by atoms with van der Waals surface area (Å²) in [6.07, 6.45) is 2.82. The van der Waals surface area contributed by atoms with Crippen molar-refractivity contribution in [2.75, 3.05) is 74.5 Å². The van der Waals surface area contributed by atoms with E-state index in [9.17, 15) is 4.79 Å². The van der Waals surface area contributed by atoms with Crippen molar-refractivity contribution in [3.8, 4) is 17.2 Å². The lowest BCUT2D eigenvalue weighted by Gasteiger charge is -2.35. The Balaban J connectivity index is 1.06. The molecule has 0 saturated carbocycles. The molecule has 2 aliphatic heterocycles. The summed E-state index contributed by atoms with van der Waals surface area (Å²) in [4.78, 5) is 27.7. The van der Waals surface area contributed by atoms with Crippen LogP contribution in [0.3, 0.4) is 0 Å². The molecule has 6 rings (SSSR count). The summed E-state index contributed by atoms with van der Waals surface area (Å²) in [5.74, 6) is 0.757. The van der Waals surface area contributed by atoms with E-state index in [4.69, 9.17) is 10.2 Å². The Bertz CT molecular complexity index is 1650. The number of nitrogens with zero attached hydrogens (tertiary/aromatic N) is 6. The minimum atomic E-state index is -0.179. The van der Waals surface area contributed by atoms with E-state index in [1.54, 1.807) is 18.3 Å². The monoisotopic (exact) mass is 599 g/mol. The summed E-state index contributed by atoms with van der Waals surface area (Å²) in [6, 6.07) is 28.1. The molecule has 230 valence electrons. The number of hydrogen-bond donors (Lipinski definition) is 1. The van der Waals surface area contributed by atoms with E-state index in [2.05, 4.69) is 62.3 Å². The van der Waals surface area contributed by atoms with Crippen LogP contribution < -0.4 is 15.1 Å². The molecule has 1 aromatic heterocycles. The molecule has 3 aromatic carbocycles. The molecule has 0 unspecified atom stereocenters. The molecular formula is C37H41N7O. The fraction of sp³-hybridized carbons (Fsp3) is 0.324. The molecule has 8 heteroatoms. The highest BCUT2D eigenvalue weighted by Gasteiger charge is 2.21.